The van der Waals surface area contributed by atoms with Crippen molar-refractivity contribution in [2.45, 2.75) is 11.0 Å². The van der Waals surface area contributed by atoms with Gasteiger partial charge in [-0.2, -0.15) is 0 Å². The van der Waals surface area contributed by atoms with Gasteiger partial charge in [-0.3, -0.25) is 9.52 Å². The molecular weight excluding hydrogens is 440 g/mol. The molecule has 0 bridgehead atoms. The molecule has 4 N–H and O–H groups in total. The summed E-state index contributed by atoms with van der Waals surface area (Å²) >= 11 is 0. The number of aliphatic hydroxyl groups is 1. The molecule has 4 aromatic carbocycles. The maximum Gasteiger partial charge on any atom is 0.261 e. The van der Waals surface area contributed by atoms with Gasteiger partial charge in [0.25, 0.3) is 15.9 Å². The van der Waals surface area contributed by atoms with Crippen LogP contribution in [0.3, 0.4) is 0 Å². The van der Waals surface area contributed by atoms with E-state index < -0.39 is 22.0 Å². The van der Waals surface area contributed by atoms with E-state index >= 15 is 0 Å². The Morgan fingerprint density at radius 3 is 2.39 bits per heavy atom. The molecule has 0 heterocycles. The Morgan fingerprint density at radius 2 is 1.61 bits per heavy atom. The van der Waals surface area contributed by atoms with Crippen molar-refractivity contribution in [2.75, 3.05) is 11.3 Å². The fourth-order valence-electron chi connectivity index (χ4n) is 3.41. The Kier molecular flexibility index (Phi) is 6.30. The molecule has 33 heavy (non-hydrogen) atoms. The maximum absolute atomic E-state index is 12.9. The van der Waals surface area contributed by atoms with Gasteiger partial charge in [0.2, 0.25) is 0 Å². The zero-order chi connectivity index (χ0) is 23.4. The number of fused-ring (bicyclic) bond motifs is 1. The third-order valence-electron chi connectivity index (χ3n) is 5.12. The number of nitrogens with one attached hydrogen (secondary N) is 2. The fraction of sp³-hybridized carbons (Fsp3) is 0.0800. The van der Waals surface area contributed by atoms with Gasteiger partial charge in [-0.15, -0.1) is 0 Å². The second-order valence-corrected chi connectivity index (χ2v) is 9.20. The summed E-state index contributed by atoms with van der Waals surface area (Å²) in [4.78, 5) is 12.6. The topological polar surface area (TPSA) is 116 Å². The zero-order valence-corrected chi connectivity index (χ0v) is 18.3. The van der Waals surface area contributed by atoms with Crippen molar-refractivity contribution in [1.29, 1.82) is 0 Å². The molecule has 0 aliphatic rings. The number of amides is 1. The SMILES string of the molecule is O=C(NCC(O)c1cccc(O)c1)c1cccc(NS(=O)(=O)c2ccc3ccccc3c2)c1. The lowest BCUT2D eigenvalue weighted by Crippen LogP contribution is -2.28. The molecule has 0 aromatic heterocycles. The number of hydrogen-bond donors (Lipinski definition) is 4. The molecule has 0 aliphatic carbocycles. The third kappa shape index (κ3) is 5.31. The molecule has 0 spiro atoms. The average molecular weight is 463 g/mol. The molecule has 0 fully saturated rings. The summed E-state index contributed by atoms with van der Waals surface area (Å²) in [6.45, 7) is -0.0741. The first-order valence-corrected chi connectivity index (χ1v) is 11.7. The van der Waals surface area contributed by atoms with E-state index in [9.17, 15) is 23.4 Å². The van der Waals surface area contributed by atoms with Gasteiger partial charge in [0.1, 0.15) is 5.75 Å². The monoisotopic (exact) mass is 462 g/mol. The van der Waals surface area contributed by atoms with Crippen molar-refractivity contribution >= 4 is 32.4 Å². The highest BCUT2D eigenvalue weighted by molar-refractivity contribution is 7.92. The number of hydrogen-bond acceptors (Lipinski definition) is 5. The molecule has 1 unspecified atom stereocenters. The lowest BCUT2D eigenvalue weighted by atomic mass is 10.1. The molecule has 0 saturated heterocycles. The van der Waals surface area contributed by atoms with Gasteiger partial charge >= 0.3 is 0 Å². The molecule has 0 radical (unpaired) electrons. The molecule has 4 aromatic rings. The van der Waals surface area contributed by atoms with E-state index in [0.717, 1.165) is 10.8 Å². The minimum Gasteiger partial charge on any atom is -0.508 e. The Hall–Kier alpha value is -3.88. The Morgan fingerprint density at radius 1 is 0.848 bits per heavy atom. The van der Waals surface area contributed by atoms with Crippen LogP contribution in [0.25, 0.3) is 10.8 Å². The molecule has 0 aliphatic heterocycles. The van der Waals surface area contributed by atoms with Crippen LogP contribution in [0, 0.1) is 0 Å². The number of phenolic OH excluding ortho intramolecular Hbond substituents is 1. The number of aliphatic hydroxyl groups excluding tert-OH is 1. The van der Waals surface area contributed by atoms with Crippen LogP contribution >= 0.6 is 0 Å². The van der Waals surface area contributed by atoms with E-state index in [1.807, 2.05) is 24.3 Å². The van der Waals surface area contributed by atoms with Gasteiger partial charge in [0, 0.05) is 17.8 Å². The highest BCUT2D eigenvalue weighted by atomic mass is 32.2. The first-order chi connectivity index (χ1) is 15.8. The quantitative estimate of drug-likeness (QED) is 0.333. The van der Waals surface area contributed by atoms with Gasteiger partial charge in [0.05, 0.1) is 11.0 Å². The van der Waals surface area contributed by atoms with Crippen molar-refractivity contribution in [3.8, 4) is 5.75 Å². The first-order valence-electron chi connectivity index (χ1n) is 10.2. The van der Waals surface area contributed by atoms with Crippen LogP contribution in [-0.4, -0.2) is 31.1 Å². The van der Waals surface area contributed by atoms with Crippen molar-refractivity contribution < 1.29 is 23.4 Å². The van der Waals surface area contributed by atoms with Crippen LogP contribution in [0.2, 0.25) is 0 Å². The van der Waals surface area contributed by atoms with Gasteiger partial charge in [-0.05, 0) is 58.8 Å². The smallest absolute Gasteiger partial charge is 0.261 e. The number of carbonyl (C=O) groups excluding carboxylic acids is 1. The van der Waals surface area contributed by atoms with E-state index in [-0.39, 0.29) is 28.4 Å². The number of carbonyl (C=O) groups is 1. The second-order valence-electron chi connectivity index (χ2n) is 7.52. The summed E-state index contributed by atoms with van der Waals surface area (Å²) < 4.78 is 28.2. The lowest BCUT2D eigenvalue weighted by Gasteiger charge is -2.13. The molecule has 168 valence electrons. The highest BCUT2D eigenvalue weighted by Gasteiger charge is 2.16. The summed E-state index contributed by atoms with van der Waals surface area (Å²) in [6, 6.07) is 24.6. The van der Waals surface area contributed by atoms with Crippen LogP contribution in [0.5, 0.6) is 5.75 Å². The molecular formula is C25H22N2O5S. The molecule has 4 rings (SSSR count). The Balaban J connectivity index is 1.45. The van der Waals surface area contributed by atoms with Gasteiger partial charge in [-0.25, -0.2) is 8.42 Å². The lowest BCUT2D eigenvalue weighted by molar-refractivity contribution is 0.0916. The number of benzene rings is 4. The number of aromatic hydroxyl groups is 1. The third-order valence-corrected chi connectivity index (χ3v) is 6.50. The fourth-order valence-corrected chi connectivity index (χ4v) is 4.50. The average Bonchev–Trinajstić information content (AvgIpc) is 2.82. The summed E-state index contributed by atoms with van der Waals surface area (Å²) in [7, 11) is -3.86. The highest BCUT2D eigenvalue weighted by Crippen LogP contribution is 2.22. The van der Waals surface area contributed by atoms with Gasteiger partial charge in [0.15, 0.2) is 0 Å². The summed E-state index contributed by atoms with van der Waals surface area (Å²) in [5.41, 5.74) is 0.938. The molecule has 1 atom stereocenters. The van der Waals surface area contributed by atoms with Crippen LogP contribution < -0.4 is 10.0 Å². The summed E-state index contributed by atoms with van der Waals surface area (Å²) in [5, 5.41) is 24.1. The van der Waals surface area contributed by atoms with Crippen molar-refractivity contribution in [3.63, 3.8) is 0 Å². The first kappa shape index (κ1) is 22.3. The second kappa shape index (κ2) is 9.32. The van der Waals surface area contributed by atoms with Gasteiger partial charge in [-0.1, -0.05) is 48.5 Å². The minimum absolute atomic E-state index is 0.0178. The van der Waals surface area contributed by atoms with E-state index in [1.165, 1.54) is 24.3 Å². The summed E-state index contributed by atoms with van der Waals surface area (Å²) in [5.74, 6) is -0.453. The van der Waals surface area contributed by atoms with Crippen molar-refractivity contribution in [3.05, 3.63) is 102 Å². The van der Waals surface area contributed by atoms with Crippen molar-refractivity contribution in [1.82, 2.24) is 5.32 Å². The largest absolute Gasteiger partial charge is 0.508 e. The number of anilines is 1. The zero-order valence-electron chi connectivity index (χ0n) is 17.5. The predicted octanol–water partition coefficient (Wildman–Crippen LogP) is 3.81. The Labute approximate surface area is 191 Å². The number of sulfonamides is 1. The number of rotatable bonds is 7. The predicted molar refractivity (Wildman–Crippen MR) is 127 cm³/mol. The minimum atomic E-state index is -3.86. The molecule has 8 heteroatoms. The van der Waals surface area contributed by atoms with E-state index in [2.05, 4.69) is 10.0 Å². The van der Waals surface area contributed by atoms with E-state index in [4.69, 9.17) is 0 Å². The summed E-state index contributed by atoms with van der Waals surface area (Å²) in [6.07, 6.45) is -1.00. The normalized spacial score (nSPS) is 12.3. The van der Waals surface area contributed by atoms with Crippen LogP contribution in [-0.2, 0) is 10.0 Å². The van der Waals surface area contributed by atoms with E-state index in [0.29, 0.717) is 5.56 Å². The van der Waals surface area contributed by atoms with Crippen LogP contribution in [0.15, 0.2) is 95.9 Å². The molecule has 7 nitrogen and oxygen atoms in total. The van der Waals surface area contributed by atoms with Crippen LogP contribution in [0.4, 0.5) is 5.69 Å². The van der Waals surface area contributed by atoms with Gasteiger partial charge < -0.3 is 15.5 Å². The van der Waals surface area contributed by atoms with E-state index in [1.54, 1.807) is 42.5 Å². The molecule has 1 amide bonds. The molecule has 0 saturated carbocycles. The number of phenols is 1. The van der Waals surface area contributed by atoms with Crippen LogP contribution in [0.1, 0.15) is 22.0 Å². The Bertz CT molecular complexity index is 1420. The standard InChI is InChI=1S/C25H22N2O5S/c28-22-10-4-7-19(14-22)24(29)16-26-25(30)20-8-3-9-21(13-20)27-33(31,32)23-12-11-17-5-1-2-6-18(17)15-23/h1-15,24,27-29H,16H2,(H,26,30). The van der Waals surface area contributed by atoms with Crippen molar-refractivity contribution in [2.24, 2.45) is 0 Å². The maximum atomic E-state index is 12.9.